The zero-order valence-electron chi connectivity index (χ0n) is 19.5. The third-order valence-corrected chi connectivity index (χ3v) is 5.02. The molecule has 2 N–H and O–H groups in total. The molecule has 0 atom stereocenters. The lowest BCUT2D eigenvalue weighted by molar-refractivity contribution is -0.00135. The Kier molecular flexibility index (Phi) is 27.6. The van der Waals surface area contributed by atoms with E-state index in [1.165, 1.54) is 89.9 Å². The van der Waals surface area contributed by atoms with Crippen LogP contribution in [0.2, 0.25) is 0 Å². The molecule has 0 heterocycles. The van der Waals surface area contributed by atoms with E-state index in [0.717, 1.165) is 6.61 Å². The highest BCUT2D eigenvalue weighted by Gasteiger charge is 1.95. The van der Waals surface area contributed by atoms with Crippen LogP contribution in [0.3, 0.4) is 0 Å². The van der Waals surface area contributed by atoms with Gasteiger partial charge in [-0.15, -0.1) is 0 Å². The molecular weight excluding hydrogens is 366 g/mol. The van der Waals surface area contributed by atoms with Crippen LogP contribution in [0.25, 0.3) is 0 Å². The summed E-state index contributed by atoms with van der Waals surface area (Å²) in [5, 5.41) is 0. The van der Waals surface area contributed by atoms with Gasteiger partial charge in [0.25, 0.3) is 0 Å². The molecule has 0 saturated carbocycles. The molecule has 0 saturated heterocycles. The maximum absolute atomic E-state index is 5.62. The molecule has 0 fully saturated rings. The molecule has 0 aliphatic rings. The van der Waals surface area contributed by atoms with Crippen molar-refractivity contribution < 1.29 is 18.9 Å². The highest BCUT2D eigenvalue weighted by Crippen LogP contribution is 2.12. The van der Waals surface area contributed by atoms with E-state index < -0.39 is 0 Å². The minimum Gasteiger partial charge on any atom is -0.379 e. The number of ether oxygens (including phenoxy) is 4. The second-order valence-electron chi connectivity index (χ2n) is 7.83. The number of hydrogen-bond acceptors (Lipinski definition) is 5. The largest absolute Gasteiger partial charge is 0.379 e. The molecule has 176 valence electrons. The molecule has 0 bridgehead atoms. The SMILES string of the molecule is CCCCCCCCCCCCCCCCOCCOCCOCCOCCN. The van der Waals surface area contributed by atoms with E-state index in [9.17, 15) is 0 Å². The van der Waals surface area contributed by atoms with Crippen molar-refractivity contribution in [1.82, 2.24) is 0 Å². The molecule has 5 heteroatoms. The minimum atomic E-state index is 0.558. The van der Waals surface area contributed by atoms with Crippen molar-refractivity contribution >= 4 is 0 Å². The van der Waals surface area contributed by atoms with Gasteiger partial charge in [0, 0.05) is 13.2 Å². The Morgan fingerprint density at radius 2 is 0.690 bits per heavy atom. The second kappa shape index (κ2) is 27.8. The first-order valence-electron chi connectivity index (χ1n) is 12.4. The van der Waals surface area contributed by atoms with Crippen LogP contribution in [-0.4, -0.2) is 59.4 Å². The van der Waals surface area contributed by atoms with Gasteiger partial charge in [0.1, 0.15) is 0 Å². The molecule has 0 radical (unpaired) electrons. The van der Waals surface area contributed by atoms with Crippen LogP contribution in [0.15, 0.2) is 0 Å². The monoisotopic (exact) mass is 417 g/mol. The van der Waals surface area contributed by atoms with Gasteiger partial charge in [-0.2, -0.15) is 0 Å². The van der Waals surface area contributed by atoms with Gasteiger partial charge in [-0.25, -0.2) is 0 Å². The molecule has 0 aliphatic heterocycles. The average Bonchev–Trinajstić information content (AvgIpc) is 2.74. The summed E-state index contributed by atoms with van der Waals surface area (Å²) in [5.41, 5.74) is 5.33. The third-order valence-electron chi connectivity index (χ3n) is 5.02. The summed E-state index contributed by atoms with van der Waals surface area (Å²) in [6.45, 7) is 8.02. The van der Waals surface area contributed by atoms with Crippen LogP contribution in [0, 0.1) is 0 Å². The Balaban J connectivity index is 2.97. The molecular formula is C24H51NO4. The summed E-state index contributed by atoms with van der Waals surface area (Å²) in [7, 11) is 0. The zero-order chi connectivity index (χ0) is 21.1. The van der Waals surface area contributed by atoms with Crippen LogP contribution in [0.1, 0.15) is 96.8 Å². The van der Waals surface area contributed by atoms with Gasteiger partial charge in [0.15, 0.2) is 0 Å². The first kappa shape index (κ1) is 28.8. The fourth-order valence-corrected chi connectivity index (χ4v) is 3.24. The molecule has 0 aromatic carbocycles. The van der Waals surface area contributed by atoms with Crippen LogP contribution >= 0.6 is 0 Å². The van der Waals surface area contributed by atoms with E-state index in [1.54, 1.807) is 0 Å². The molecule has 0 spiro atoms. The summed E-state index contributed by atoms with van der Waals surface area (Å²) in [5.74, 6) is 0. The quantitative estimate of drug-likeness (QED) is 0.188. The first-order valence-corrected chi connectivity index (χ1v) is 12.4. The van der Waals surface area contributed by atoms with Gasteiger partial charge < -0.3 is 24.7 Å². The summed E-state index contributed by atoms with van der Waals surface area (Å²) in [4.78, 5) is 0. The van der Waals surface area contributed by atoms with E-state index in [0.29, 0.717) is 52.8 Å². The van der Waals surface area contributed by atoms with Crippen LogP contribution < -0.4 is 5.73 Å². The fraction of sp³-hybridized carbons (Fsp3) is 1.00. The molecule has 29 heavy (non-hydrogen) atoms. The van der Waals surface area contributed by atoms with E-state index in [4.69, 9.17) is 24.7 Å². The number of nitrogens with two attached hydrogens (primary N) is 1. The molecule has 0 aromatic rings. The van der Waals surface area contributed by atoms with Crippen molar-refractivity contribution in [2.75, 3.05) is 59.4 Å². The normalized spacial score (nSPS) is 11.4. The molecule has 0 aromatic heterocycles. The lowest BCUT2D eigenvalue weighted by atomic mass is 10.0. The molecule has 0 rings (SSSR count). The number of rotatable bonds is 26. The highest BCUT2D eigenvalue weighted by molar-refractivity contribution is 4.49. The maximum atomic E-state index is 5.62. The van der Waals surface area contributed by atoms with Gasteiger partial charge in [-0.3, -0.25) is 0 Å². The Hall–Kier alpha value is -0.200. The molecule has 5 nitrogen and oxygen atoms in total. The molecule has 0 amide bonds. The van der Waals surface area contributed by atoms with Gasteiger partial charge in [-0.1, -0.05) is 90.4 Å². The van der Waals surface area contributed by atoms with Gasteiger partial charge >= 0.3 is 0 Å². The van der Waals surface area contributed by atoms with Crippen molar-refractivity contribution in [3.8, 4) is 0 Å². The van der Waals surface area contributed by atoms with Crippen molar-refractivity contribution in [3.05, 3.63) is 0 Å². The first-order chi connectivity index (χ1) is 14.4. The van der Waals surface area contributed by atoms with Gasteiger partial charge in [0.05, 0.1) is 46.2 Å². The third kappa shape index (κ3) is 27.8. The predicted octanol–water partition coefficient (Wildman–Crippen LogP) is 5.49. The molecule has 0 unspecified atom stereocenters. The average molecular weight is 418 g/mol. The Morgan fingerprint density at radius 1 is 0.379 bits per heavy atom. The van der Waals surface area contributed by atoms with Crippen LogP contribution in [0.5, 0.6) is 0 Å². The summed E-state index contributed by atoms with van der Waals surface area (Å²) >= 11 is 0. The lowest BCUT2D eigenvalue weighted by Crippen LogP contribution is -2.14. The fourth-order valence-electron chi connectivity index (χ4n) is 3.24. The Bertz CT molecular complexity index is 254. The van der Waals surface area contributed by atoms with Gasteiger partial charge in [0.2, 0.25) is 0 Å². The van der Waals surface area contributed by atoms with E-state index in [1.807, 2.05) is 0 Å². The highest BCUT2D eigenvalue weighted by atomic mass is 16.6. The van der Waals surface area contributed by atoms with Crippen molar-refractivity contribution in [2.24, 2.45) is 5.73 Å². The molecule has 0 aliphatic carbocycles. The van der Waals surface area contributed by atoms with Crippen molar-refractivity contribution in [2.45, 2.75) is 96.8 Å². The van der Waals surface area contributed by atoms with E-state index >= 15 is 0 Å². The smallest absolute Gasteiger partial charge is 0.0701 e. The summed E-state index contributed by atoms with van der Waals surface area (Å²) < 4.78 is 21.7. The van der Waals surface area contributed by atoms with Crippen LogP contribution in [-0.2, 0) is 18.9 Å². The predicted molar refractivity (Wildman–Crippen MR) is 123 cm³/mol. The maximum Gasteiger partial charge on any atom is 0.0701 e. The van der Waals surface area contributed by atoms with Gasteiger partial charge in [-0.05, 0) is 6.42 Å². The Labute approximate surface area is 181 Å². The summed E-state index contributed by atoms with van der Waals surface area (Å²) in [6, 6.07) is 0. The van der Waals surface area contributed by atoms with E-state index in [-0.39, 0.29) is 0 Å². The van der Waals surface area contributed by atoms with Crippen molar-refractivity contribution in [3.63, 3.8) is 0 Å². The number of unbranched alkanes of at least 4 members (excludes halogenated alkanes) is 13. The lowest BCUT2D eigenvalue weighted by Gasteiger charge is -2.07. The standard InChI is InChI=1S/C24H51NO4/c1-2-3-4-5-6-7-8-9-10-11-12-13-14-15-17-26-19-21-28-23-24-29-22-20-27-18-16-25/h2-25H2,1H3. The zero-order valence-corrected chi connectivity index (χ0v) is 19.5. The second-order valence-corrected chi connectivity index (χ2v) is 7.83. The minimum absolute atomic E-state index is 0.558. The Morgan fingerprint density at radius 3 is 1.07 bits per heavy atom. The van der Waals surface area contributed by atoms with Crippen molar-refractivity contribution in [1.29, 1.82) is 0 Å². The topological polar surface area (TPSA) is 62.9 Å². The number of hydrogen-bond donors (Lipinski definition) is 1. The summed E-state index contributed by atoms with van der Waals surface area (Å²) in [6.07, 6.45) is 19.5. The van der Waals surface area contributed by atoms with E-state index in [2.05, 4.69) is 6.92 Å². The van der Waals surface area contributed by atoms with Crippen LogP contribution in [0.4, 0.5) is 0 Å².